The van der Waals surface area contributed by atoms with E-state index in [0.717, 1.165) is 9.87 Å². The van der Waals surface area contributed by atoms with Crippen LogP contribution in [0.4, 0.5) is 5.82 Å². The third kappa shape index (κ3) is 5.02. The lowest BCUT2D eigenvalue weighted by atomic mass is 9.85. The molecule has 10 nitrogen and oxygen atoms in total. The smallest absolute Gasteiger partial charge is 0.320 e. The molecule has 0 unspecified atom stereocenters. The summed E-state index contributed by atoms with van der Waals surface area (Å²) in [5, 5.41) is 3.75. The highest BCUT2D eigenvalue weighted by molar-refractivity contribution is 7.90. The van der Waals surface area contributed by atoms with E-state index < -0.39 is 27.6 Å². The summed E-state index contributed by atoms with van der Waals surface area (Å²) in [5.41, 5.74) is 8.21. The SMILES string of the molecule is C=CC[C@@H]1CN(S(=O)(=O)Nc2ccccn2)C[C@]1(N=[N+]=[N-])C(=O)OCc1ccccc1. The highest BCUT2D eigenvalue weighted by Crippen LogP contribution is 2.37. The molecule has 11 heteroatoms. The number of allylic oxidation sites excluding steroid dienone is 1. The van der Waals surface area contributed by atoms with E-state index in [-0.39, 0.29) is 31.9 Å². The van der Waals surface area contributed by atoms with E-state index in [9.17, 15) is 13.2 Å². The second-order valence-corrected chi connectivity index (χ2v) is 8.68. The molecule has 3 rings (SSSR count). The number of pyridine rings is 1. The van der Waals surface area contributed by atoms with Crippen LogP contribution in [-0.4, -0.2) is 42.3 Å². The number of carbonyl (C=O) groups excluding carboxylic acids is 1. The largest absolute Gasteiger partial charge is 0.460 e. The summed E-state index contributed by atoms with van der Waals surface area (Å²) in [4.78, 5) is 19.9. The summed E-state index contributed by atoms with van der Waals surface area (Å²) < 4.78 is 34.7. The van der Waals surface area contributed by atoms with Gasteiger partial charge in [0.1, 0.15) is 12.4 Å². The number of hydrogen-bond donors (Lipinski definition) is 1. The number of hydrogen-bond acceptors (Lipinski definition) is 6. The van der Waals surface area contributed by atoms with Gasteiger partial charge in [-0.25, -0.2) is 4.98 Å². The number of carbonyl (C=O) groups is 1. The molecule has 1 aromatic carbocycles. The van der Waals surface area contributed by atoms with E-state index >= 15 is 0 Å². The van der Waals surface area contributed by atoms with Crippen molar-refractivity contribution in [1.82, 2.24) is 9.29 Å². The number of ether oxygens (including phenoxy) is 1. The number of azide groups is 1. The van der Waals surface area contributed by atoms with Crippen LogP contribution in [0, 0.1) is 5.92 Å². The van der Waals surface area contributed by atoms with Crippen molar-refractivity contribution in [2.75, 3.05) is 17.8 Å². The fraction of sp³-hybridized carbons (Fsp3) is 0.300. The summed E-state index contributed by atoms with van der Waals surface area (Å²) in [5.74, 6) is -1.28. The Morgan fingerprint density at radius 2 is 2.10 bits per heavy atom. The number of esters is 1. The van der Waals surface area contributed by atoms with Crippen molar-refractivity contribution in [2.24, 2.45) is 11.0 Å². The van der Waals surface area contributed by atoms with Gasteiger partial charge < -0.3 is 4.74 Å². The molecular formula is C20H22N6O4S. The van der Waals surface area contributed by atoms with Gasteiger partial charge in [0.15, 0.2) is 5.54 Å². The topological polar surface area (TPSA) is 137 Å². The van der Waals surface area contributed by atoms with Gasteiger partial charge in [-0.15, -0.1) is 6.58 Å². The van der Waals surface area contributed by atoms with Crippen LogP contribution in [0.2, 0.25) is 0 Å². The number of rotatable bonds is 9. The standard InChI is InChI=1S/C20H22N6O4S/c1-2-8-17-13-26(31(28,29)23-18-11-6-7-12-22-18)15-20(17,24-25-21)19(27)30-14-16-9-4-3-5-10-16/h2-7,9-12,17H,1,8,13-15H2,(H,22,23)/t17-,20-/m1/s1. The fourth-order valence-corrected chi connectivity index (χ4v) is 4.70. The molecule has 0 spiro atoms. The van der Waals surface area contributed by atoms with Crippen LogP contribution < -0.4 is 4.72 Å². The zero-order valence-electron chi connectivity index (χ0n) is 16.7. The van der Waals surface area contributed by atoms with Gasteiger partial charge in [0, 0.05) is 24.2 Å². The van der Waals surface area contributed by atoms with Crippen molar-refractivity contribution in [3.05, 3.63) is 83.4 Å². The van der Waals surface area contributed by atoms with Gasteiger partial charge >= 0.3 is 16.2 Å². The zero-order chi connectivity index (χ0) is 22.3. The Kier molecular flexibility index (Phi) is 6.91. The van der Waals surface area contributed by atoms with Crippen LogP contribution in [0.1, 0.15) is 12.0 Å². The third-order valence-corrected chi connectivity index (χ3v) is 6.42. The monoisotopic (exact) mass is 442 g/mol. The predicted octanol–water partition coefficient (Wildman–Crippen LogP) is 3.04. The molecule has 31 heavy (non-hydrogen) atoms. The lowest BCUT2D eigenvalue weighted by Crippen LogP contribution is -2.46. The molecule has 1 N–H and O–H groups in total. The first-order valence-corrected chi connectivity index (χ1v) is 10.9. The minimum absolute atomic E-state index is 0.0257. The number of nitrogens with one attached hydrogen (secondary N) is 1. The predicted molar refractivity (Wildman–Crippen MR) is 115 cm³/mol. The van der Waals surface area contributed by atoms with E-state index in [2.05, 4.69) is 26.3 Å². The summed E-state index contributed by atoms with van der Waals surface area (Å²) in [7, 11) is -4.06. The zero-order valence-corrected chi connectivity index (χ0v) is 17.5. The highest BCUT2D eigenvalue weighted by Gasteiger charge is 2.55. The van der Waals surface area contributed by atoms with Gasteiger partial charge in [-0.05, 0) is 35.6 Å². The average molecular weight is 443 g/mol. The third-order valence-electron chi connectivity index (χ3n) is 5.00. The minimum Gasteiger partial charge on any atom is -0.460 e. The molecule has 2 heterocycles. The van der Waals surface area contributed by atoms with Crippen LogP contribution in [0.15, 0.2) is 72.5 Å². The molecule has 2 atom stereocenters. The van der Waals surface area contributed by atoms with Crippen molar-refractivity contribution < 1.29 is 17.9 Å². The Balaban J connectivity index is 1.86. The average Bonchev–Trinajstić information content (AvgIpc) is 3.14. The molecule has 2 aromatic rings. The molecular weight excluding hydrogens is 420 g/mol. The lowest BCUT2D eigenvalue weighted by Gasteiger charge is -2.26. The number of anilines is 1. The number of aromatic nitrogens is 1. The first-order chi connectivity index (χ1) is 14.9. The van der Waals surface area contributed by atoms with Crippen molar-refractivity contribution in [3.63, 3.8) is 0 Å². The van der Waals surface area contributed by atoms with E-state index in [1.165, 1.54) is 12.3 Å². The van der Waals surface area contributed by atoms with Gasteiger partial charge in [0.2, 0.25) is 0 Å². The van der Waals surface area contributed by atoms with Gasteiger partial charge in [0.25, 0.3) is 0 Å². The first kappa shape index (κ1) is 22.3. The molecule has 1 aliphatic rings. The second-order valence-electron chi connectivity index (χ2n) is 7.01. The van der Waals surface area contributed by atoms with E-state index in [0.29, 0.717) is 0 Å². The molecule has 1 saturated heterocycles. The molecule has 0 amide bonds. The number of nitrogens with zero attached hydrogens (tertiary/aromatic N) is 5. The Hall–Kier alpha value is -3.40. The molecule has 0 bridgehead atoms. The highest BCUT2D eigenvalue weighted by atomic mass is 32.2. The van der Waals surface area contributed by atoms with Crippen LogP contribution in [0.25, 0.3) is 10.4 Å². The molecule has 1 aliphatic heterocycles. The van der Waals surface area contributed by atoms with Gasteiger partial charge in [0.05, 0.1) is 0 Å². The second kappa shape index (κ2) is 9.61. The Bertz CT molecular complexity index is 1070. The Morgan fingerprint density at radius 3 is 2.74 bits per heavy atom. The van der Waals surface area contributed by atoms with E-state index in [1.807, 2.05) is 6.07 Å². The molecule has 1 aromatic heterocycles. The Morgan fingerprint density at radius 1 is 1.35 bits per heavy atom. The van der Waals surface area contributed by atoms with Gasteiger partial charge in [-0.2, -0.15) is 12.7 Å². The van der Waals surface area contributed by atoms with E-state index in [1.54, 1.807) is 42.5 Å². The van der Waals surface area contributed by atoms with Crippen LogP contribution in [0.5, 0.6) is 0 Å². The van der Waals surface area contributed by atoms with Gasteiger partial charge in [-0.3, -0.25) is 9.52 Å². The first-order valence-electron chi connectivity index (χ1n) is 9.48. The van der Waals surface area contributed by atoms with Crippen molar-refractivity contribution >= 4 is 22.0 Å². The summed E-state index contributed by atoms with van der Waals surface area (Å²) in [6.07, 6.45) is 3.27. The van der Waals surface area contributed by atoms with Crippen LogP contribution >= 0.6 is 0 Å². The van der Waals surface area contributed by atoms with Crippen LogP contribution in [-0.2, 0) is 26.3 Å². The molecule has 0 saturated carbocycles. The molecule has 162 valence electrons. The van der Waals surface area contributed by atoms with Crippen molar-refractivity contribution in [3.8, 4) is 0 Å². The molecule has 1 fully saturated rings. The maximum absolute atomic E-state index is 13.1. The minimum atomic E-state index is -4.06. The van der Waals surface area contributed by atoms with Crippen LogP contribution in [0.3, 0.4) is 0 Å². The van der Waals surface area contributed by atoms with Gasteiger partial charge in [-0.1, -0.05) is 47.6 Å². The lowest BCUT2D eigenvalue weighted by molar-refractivity contribution is -0.152. The quantitative estimate of drug-likeness (QED) is 0.209. The van der Waals surface area contributed by atoms with Crippen molar-refractivity contribution in [2.45, 2.75) is 18.6 Å². The molecule has 0 radical (unpaired) electrons. The Labute approximate surface area is 180 Å². The maximum atomic E-state index is 13.1. The molecule has 0 aliphatic carbocycles. The number of benzene rings is 1. The normalized spacial score (nSPS) is 21.1. The maximum Gasteiger partial charge on any atom is 0.320 e. The summed E-state index contributed by atoms with van der Waals surface area (Å²) >= 11 is 0. The van der Waals surface area contributed by atoms with E-state index in [4.69, 9.17) is 10.3 Å². The summed E-state index contributed by atoms with van der Waals surface area (Å²) in [6.45, 7) is 3.25. The van der Waals surface area contributed by atoms with Crippen molar-refractivity contribution in [1.29, 1.82) is 0 Å². The fourth-order valence-electron chi connectivity index (χ4n) is 3.45. The summed E-state index contributed by atoms with van der Waals surface area (Å²) in [6, 6.07) is 13.8.